The highest BCUT2D eigenvalue weighted by Gasteiger charge is 2.36. The van der Waals surface area contributed by atoms with Crippen LogP contribution in [0.4, 0.5) is 0 Å². The van der Waals surface area contributed by atoms with Crippen LogP contribution >= 0.6 is 0 Å². The Balaban J connectivity index is 2.48. The fourth-order valence-electron chi connectivity index (χ4n) is 2.35. The second kappa shape index (κ2) is 7.22. The van der Waals surface area contributed by atoms with Crippen molar-refractivity contribution in [2.45, 2.75) is 39.3 Å². The summed E-state index contributed by atoms with van der Waals surface area (Å²) in [5.74, 6) is 0.168. The van der Waals surface area contributed by atoms with E-state index in [4.69, 9.17) is 4.74 Å². The molecule has 0 unspecified atom stereocenters. The standard InChI is InChI=1S/C14H29N3O2/c1-12(2)19-11-10-16(5)13(18)14(3,4)17-8-6-15-7-9-17/h12,15H,6-11H2,1-5H3. The summed E-state index contributed by atoms with van der Waals surface area (Å²) in [6, 6.07) is 0. The molecule has 1 rings (SSSR count). The molecule has 0 aliphatic carbocycles. The molecule has 0 spiro atoms. The number of nitrogens with zero attached hydrogens (tertiary/aromatic N) is 2. The molecule has 0 aromatic rings. The normalized spacial score (nSPS) is 17.8. The number of amides is 1. The molecular formula is C14H29N3O2. The lowest BCUT2D eigenvalue weighted by molar-refractivity contribution is -0.142. The highest BCUT2D eigenvalue weighted by molar-refractivity contribution is 5.85. The number of carbonyl (C=O) groups is 1. The Kier molecular flexibility index (Phi) is 6.23. The zero-order chi connectivity index (χ0) is 14.5. The summed E-state index contributed by atoms with van der Waals surface area (Å²) in [6.45, 7) is 13.0. The second-order valence-electron chi connectivity index (χ2n) is 5.94. The maximum atomic E-state index is 12.5. The average molecular weight is 271 g/mol. The third kappa shape index (κ3) is 4.75. The van der Waals surface area contributed by atoms with E-state index in [1.165, 1.54) is 0 Å². The van der Waals surface area contributed by atoms with Crippen LogP contribution in [0.5, 0.6) is 0 Å². The highest BCUT2D eigenvalue weighted by Crippen LogP contribution is 2.17. The van der Waals surface area contributed by atoms with E-state index in [0.29, 0.717) is 13.2 Å². The Bertz CT molecular complexity index is 286. The van der Waals surface area contributed by atoms with Gasteiger partial charge >= 0.3 is 0 Å². The molecule has 1 aliphatic heterocycles. The summed E-state index contributed by atoms with van der Waals surface area (Å²) < 4.78 is 5.50. The molecule has 1 amide bonds. The van der Waals surface area contributed by atoms with Gasteiger partial charge in [-0.25, -0.2) is 0 Å². The first-order valence-electron chi connectivity index (χ1n) is 7.18. The Morgan fingerprint density at radius 1 is 1.37 bits per heavy atom. The van der Waals surface area contributed by atoms with E-state index in [2.05, 4.69) is 10.2 Å². The van der Waals surface area contributed by atoms with E-state index in [1.807, 2.05) is 34.7 Å². The smallest absolute Gasteiger partial charge is 0.242 e. The molecule has 0 bridgehead atoms. The van der Waals surface area contributed by atoms with Crippen LogP contribution in [0.2, 0.25) is 0 Å². The van der Waals surface area contributed by atoms with Gasteiger partial charge in [0, 0.05) is 39.8 Å². The minimum Gasteiger partial charge on any atom is -0.377 e. The zero-order valence-electron chi connectivity index (χ0n) is 13.0. The summed E-state index contributed by atoms with van der Waals surface area (Å²) in [7, 11) is 1.86. The Morgan fingerprint density at radius 2 is 1.95 bits per heavy atom. The van der Waals surface area contributed by atoms with Crippen LogP contribution in [-0.4, -0.2) is 73.7 Å². The van der Waals surface area contributed by atoms with Gasteiger partial charge in [0.1, 0.15) is 0 Å². The van der Waals surface area contributed by atoms with Crippen LogP contribution in [0.3, 0.4) is 0 Å². The first kappa shape index (κ1) is 16.4. The molecule has 0 saturated carbocycles. The fourth-order valence-corrected chi connectivity index (χ4v) is 2.35. The van der Waals surface area contributed by atoms with Crippen LogP contribution in [0.1, 0.15) is 27.7 Å². The monoisotopic (exact) mass is 271 g/mol. The van der Waals surface area contributed by atoms with Gasteiger partial charge in [0.15, 0.2) is 0 Å². The number of hydrogen-bond acceptors (Lipinski definition) is 4. The molecule has 112 valence electrons. The molecule has 1 heterocycles. The molecule has 1 N–H and O–H groups in total. The van der Waals surface area contributed by atoms with Crippen molar-refractivity contribution in [2.24, 2.45) is 0 Å². The van der Waals surface area contributed by atoms with Crippen molar-refractivity contribution < 1.29 is 9.53 Å². The SMILES string of the molecule is CC(C)OCCN(C)C(=O)C(C)(C)N1CCNCC1. The lowest BCUT2D eigenvalue weighted by atomic mass is 10.00. The summed E-state index contributed by atoms with van der Waals surface area (Å²) >= 11 is 0. The van der Waals surface area contributed by atoms with Gasteiger partial charge in [-0.1, -0.05) is 0 Å². The van der Waals surface area contributed by atoms with Gasteiger partial charge in [-0.15, -0.1) is 0 Å². The second-order valence-corrected chi connectivity index (χ2v) is 5.94. The predicted molar refractivity (Wildman–Crippen MR) is 77.2 cm³/mol. The van der Waals surface area contributed by atoms with Gasteiger partial charge in [-0.2, -0.15) is 0 Å². The van der Waals surface area contributed by atoms with Crippen molar-refractivity contribution in [1.29, 1.82) is 0 Å². The summed E-state index contributed by atoms with van der Waals surface area (Å²) in [5, 5.41) is 3.32. The molecule has 5 heteroatoms. The molecule has 1 saturated heterocycles. The van der Waals surface area contributed by atoms with E-state index >= 15 is 0 Å². The zero-order valence-corrected chi connectivity index (χ0v) is 13.0. The summed E-state index contributed by atoms with van der Waals surface area (Å²) in [6.07, 6.45) is 0.213. The maximum Gasteiger partial charge on any atom is 0.242 e. The molecule has 5 nitrogen and oxygen atoms in total. The van der Waals surface area contributed by atoms with Gasteiger partial charge in [-0.05, 0) is 27.7 Å². The van der Waals surface area contributed by atoms with Crippen molar-refractivity contribution in [3.63, 3.8) is 0 Å². The molecular weight excluding hydrogens is 242 g/mol. The molecule has 1 fully saturated rings. The average Bonchev–Trinajstić information content (AvgIpc) is 2.38. The van der Waals surface area contributed by atoms with E-state index in [-0.39, 0.29) is 12.0 Å². The quantitative estimate of drug-likeness (QED) is 0.766. The first-order chi connectivity index (χ1) is 8.85. The van der Waals surface area contributed by atoms with Crippen LogP contribution in [0, 0.1) is 0 Å². The van der Waals surface area contributed by atoms with E-state index in [9.17, 15) is 4.79 Å². The molecule has 19 heavy (non-hydrogen) atoms. The van der Waals surface area contributed by atoms with E-state index in [1.54, 1.807) is 4.90 Å². The topological polar surface area (TPSA) is 44.8 Å². The summed E-state index contributed by atoms with van der Waals surface area (Å²) in [5.41, 5.74) is -0.436. The summed E-state index contributed by atoms with van der Waals surface area (Å²) in [4.78, 5) is 16.6. The molecule has 0 atom stereocenters. The van der Waals surface area contributed by atoms with Gasteiger partial charge in [0.2, 0.25) is 5.91 Å². The van der Waals surface area contributed by atoms with Crippen molar-refractivity contribution in [1.82, 2.24) is 15.1 Å². The number of likely N-dealkylation sites (N-methyl/N-ethyl adjacent to an activating group) is 1. The molecule has 1 aliphatic rings. The lowest BCUT2D eigenvalue weighted by Gasteiger charge is -2.41. The highest BCUT2D eigenvalue weighted by atomic mass is 16.5. The van der Waals surface area contributed by atoms with Gasteiger partial charge < -0.3 is 15.0 Å². The fraction of sp³-hybridized carbons (Fsp3) is 0.929. The van der Waals surface area contributed by atoms with Crippen LogP contribution in [0.15, 0.2) is 0 Å². The third-order valence-electron chi connectivity index (χ3n) is 3.66. The number of hydrogen-bond donors (Lipinski definition) is 1. The van der Waals surface area contributed by atoms with Crippen LogP contribution in [-0.2, 0) is 9.53 Å². The number of carbonyl (C=O) groups excluding carboxylic acids is 1. The predicted octanol–water partition coefficient (Wildman–Crippen LogP) is 0.554. The van der Waals surface area contributed by atoms with Crippen molar-refractivity contribution >= 4 is 5.91 Å². The van der Waals surface area contributed by atoms with Gasteiger partial charge in [0.05, 0.1) is 18.2 Å². The van der Waals surface area contributed by atoms with Crippen molar-refractivity contribution in [3.8, 4) is 0 Å². The largest absolute Gasteiger partial charge is 0.377 e. The van der Waals surface area contributed by atoms with Crippen molar-refractivity contribution in [2.75, 3.05) is 46.4 Å². The van der Waals surface area contributed by atoms with E-state index < -0.39 is 5.54 Å². The lowest BCUT2D eigenvalue weighted by Crippen LogP contribution is -2.60. The van der Waals surface area contributed by atoms with Crippen LogP contribution < -0.4 is 5.32 Å². The Labute approximate surface area is 117 Å². The van der Waals surface area contributed by atoms with Crippen molar-refractivity contribution in [3.05, 3.63) is 0 Å². The number of nitrogens with one attached hydrogen (secondary N) is 1. The third-order valence-corrected chi connectivity index (χ3v) is 3.66. The number of piperazine rings is 1. The molecule has 0 radical (unpaired) electrons. The minimum atomic E-state index is -0.436. The minimum absolute atomic E-state index is 0.168. The molecule has 0 aromatic heterocycles. The number of ether oxygens (including phenoxy) is 1. The van der Waals surface area contributed by atoms with E-state index in [0.717, 1.165) is 26.2 Å². The molecule has 0 aromatic carbocycles. The number of rotatable bonds is 6. The Hall–Kier alpha value is -0.650. The van der Waals surface area contributed by atoms with Gasteiger partial charge in [-0.3, -0.25) is 9.69 Å². The van der Waals surface area contributed by atoms with Gasteiger partial charge in [0.25, 0.3) is 0 Å². The maximum absolute atomic E-state index is 12.5. The first-order valence-corrected chi connectivity index (χ1v) is 7.18. The van der Waals surface area contributed by atoms with Crippen LogP contribution in [0.25, 0.3) is 0 Å². The Morgan fingerprint density at radius 3 is 2.47 bits per heavy atom.